The fourth-order valence-corrected chi connectivity index (χ4v) is 4.18. The molecule has 0 fully saturated rings. The number of nitrogens with one attached hydrogen (secondary N) is 1. The first-order valence-corrected chi connectivity index (χ1v) is 9.81. The van der Waals surface area contributed by atoms with Gasteiger partial charge in [0.1, 0.15) is 5.39 Å². The summed E-state index contributed by atoms with van der Waals surface area (Å²) >= 11 is 7.82. The molecule has 2 aromatic carbocycles. The molecule has 136 valence electrons. The van der Waals surface area contributed by atoms with Crippen LogP contribution in [0, 0.1) is 13.8 Å². The zero-order valence-corrected chi connectivity index (χ0v) is 16.4. The first-order valence-electron chi connectivity index (χ1n) is 8.45. The third-order valence-electron chi connectivity index (χ3n) is 4.55. The van der Waals surface area contributed by atoms with Crippen LogP contribution >= 0.6 is 23.4 Å². The molecule has 0 spiro atoms. The molecule has 0 saturated carbocycles. The zero-order chi connectivity index (χ0) is 19.0. The van der Waals surface area contributed by atoms with Gasteiger partial charge < -0.3 is 0 Å². The lowest BCUT2D eigenvalue weighted by atomic mass is 10.1. The second-order valence-electron chi connectivity index (χ2n) is 6.27. The summed E-state index contributed by atoms with van der Waals surface area (Å²) in [5, 5.41) is 8.44. The van der Waals surface area contributed by atoms with Gasteiger partial charge in [-0.1, -0.05) is 53.7 Å². The Morgan fingerprint density at radius 1 is 1.15 bits per heavy atom. The second-order valence-corrected chi connectivity index (χ2v) is 7.62. The van der Waals surface area contributed by atoms with Crippen molar-refractivity contribution in [2.75, 3.05) is 0 Å². The molecule has 2 heterocycles. The van der Waals surface area contributed by atoms with Crippen LogP contribution in [-0.4, -0.2) is 19.7 Å². The van der Waals surface area contributed by atoms with E-state index in [-0.39, 0.29) is 5.56 Å². The average molecular weight is 397 g/mol. The lowest BCUT2D eigenvalue weighted by Gasteiger charge is -2.15. The number of H-pyrrole nitrogens is 1. The largest absolute Gasteiger partial charge is 0.269 e. The summed E-state index contributed by atoms with van der Waals surface area (Å²) in [7, 11) is 0. The first kappa shape index (κ1) is 17.8. The predicted molar refractivity (Wildman–Crippen MR) is 110 cm³/mol. The summed E-state index contributed by atoms with van der Waals surface area (Å²) in [4.78, 5) is 17.8. The van der Waals surface area contributed by atoms with E-state index < -0.39 is 0 Å². The lowest BCUT2D eigenvalue weighted by molar-refractivity contribution is 0.810. The van der Waals surface area contributed by atoms with Gasteiger partial charge in [0.2, 0.25) is 0 Å². The predicted octanol–water partition coefficient (Wildman–Crippen LogP) is 4.67. The van der Waals surface area contributed by atoms with Crippen LogP contribution < -0.4 is 5.56 Å². The maximum absolute atomic E-state index is 13.2. The van der Waals surface area contributed by atoms with E-state index in [9.17, 15) is 4.79 Å². The number of benzene rings is 2. The van der Waals surface area contributed by atoms with Gasteiger partial charge in [0, 0.05) is 10.8 Å². The van der Waals surface area contributed by atoms with E-state index in [0.29, 0.717) is 27.0 Å². The quantitative estimate of drug-likeness (QED) is 0.402. The standard InChI is InChI=1S/C20H17ClN4OS/c1-12-6-3-4-7-14(12)11-27-20-23-18-15(10-22-24-18)19(26)25(20)17-9-5-8-16(21)13(17)2/h3-10H,11H2,1-2H3,(H,22,24). The molecule has 0 unspecified atom stereocenters. The minimum atomic E-state index is -0.161. The van der Waals surface area contributed by atoms with E-state index in [1.54, 1.807) is 4.57 Å². The van der Waals surface area contributed by atoms with Crippen LogP contribution in [0.15, 0.2) is 58.6 Å². The zero-order valence-electron chi connectivity index (χ0n) is 14.9. The highest BCUT2D eigenvalue weighted by molar-refractivity contribution is 7.98. The molecular formula is C20H17ClN4OS. The smallest absolute Gasteiger partial charge is 0.268 e. The van der Waals surface area contributed by atoms with Crippen LogP contribution in [0.25, 0.3) is 16.7 Å². The summed E-state index contributed by atoms with van der Waals surface area (Å²) < 4.78 is 1.63. The number of fused-ring (bicyclic) bond motifs is 1. The first-order chi connectivity index (χ1) is 13.1. The van der Waals surface area contributed by atoms with Crippen molar-refractivity contribution >= 4 is 34.4 Å². The number of rotatable bonds is 4. The van der Waals surface area contributed by atoms with Gasteiger partial charge in [0.05, 0.1) is 11.9 Å². The molecule has 0 aliphatic carbocycles. The molecule has 5 nitrogen and oxygen atoms in total. The average Bonchev–Trinajstić information content (AvgIpc) is 3.13. The lowest BCUT2D eigenvalue weighted by Crippen LogP contribution is -2.22. The van der Waals surface area contributed by atoms with Gasteiger partial charge in [0.25, 0.3) is 5.56 Å². The summed E-state index contributed by atoms with van der Waals surface area (Å²) in [5.41, 5.74) is 4.31. The number of thioether (sulfide) groups is 1. The third-order valence-corrected chi connectivity index (χ3v) is 5.95. The number of aromatic nitrogens is 4. The fraction of sp³-hybridized carbons (Fsp3) is 0.150. The molecule has 4 aromatic rings. The Morgan fingerprint density at radius 2 is 1.96 bits per heavy atom. The van der Waals surface area contributed by atoms with Gasteiger partial charge in [-0.25, -0.2) is 4.98 Å². The highest BCUT2D eigenvalue weighted by Crippen LogP contribution is 2.28. The number of nitrogens with zero attached hydrogens (tertiary/aromatic N) is 3. The summed E-state index contributed by atoms with van der Waals surface area (Å²) in [6.45, 7) is 3.98. The molecule has 1 N–H and O–H groups in total. The number of aryl methyl sites for hydroxylation is 1. The van der Waals surface area contributed by atoms with Crippen LogP contribution in [-0.2, 0) is 5.75 Å². The SMILES string of the molecule is Cc1ccccc1CSc1nc2[nH]ncc2c(=O)n1-c1cccc(Cl)c1C. The molecule has 0 bridgehead atoms. The molecule has 0 amide bonds. The third kappa shape index (κ3) is 3.26. The minimum Gasteiger partial charge on any atom is -0.268 e. The Labute approximate surface area is 165 Å². The van der Waals surface area contributed by atoms with Crippen LogP contribution in [0.1, 0.15) is 16.7 Å². The van der Waals surface area contributed by atoms with E-state index in [2.05, 4.69) is 34.2 Å². The Balaban J connectivity index is 1.87. The minimum absolute atomic E-state index is 0.161. The summed E-state index contributed by atoms with van der Waals surface area (Å²) in [6.07, 6.45) is 1.51. The Kier molecular flexibility index (Phi) is 4.76. The molecule has 27 heavy (non-hydrogen) atoms. The fourth-order valence-electron chi connectivity index (χ4n) is 2.94. The van der Waals surface area contributed by atoms with Crippen LogP contribution in [0.5, 0.6) is 0 Å². The van der Waals surface area contributed by atoms with Gasteiger partial charge in [-0.3, -0.25) is 14.5 Å². The molecule has 0 radical (unpaired) electrons. The maximum Gasteiger partial charge on any atom is 0.269 e. The Hall–Kier alpha value is -2.57. The molecule has 0 atom stereocenters. The van der Waals surface area contributed by atoms with Crippen molar-refractivity contribution in [3.8, 4) is 5.69 Å². The van der Waals surface area contributed by atoms with Gasteiger partial charge in [-0.05, 0) is 42.7 Å². The normalized spacial score (nSPS) is 11.2. The number of hydrogen-bond acceptors (Lipinski definition) is 4. The van der Waals surface area contributed by atoms with Gasteiger partial charge >= 0.3 is 0 Å². The van der Waals surface area contributed by atoms with E-state index >= 15 is 0 Å². The molecule has 2 aromatic heterocycles. The Morgan fingerprint density at radius 3 is 2.78 bits per heavy atom. The van der Waals surface area contributed by atoms with Gasteiger partial charge in [-0.15, -0.1) is 0 Å². The van der Waals surface area contributed by atoms with Crippen molar-refractivity contribution in [2.24, 2.45) is 0 Å². The van der Waals surface area contributed by atoms with E-state index in [1.807, 2.05) is 37.3 Å². The molecule has 0 saturated heterocycles. The van der Waals surface area contributed by atoms with Crippen LogP contribution in [0.4, 0.5) is 0 Å². The molecule has 4 rings (SSSR count). The van der Waals surface area contributed by atoms with Gasteiger partial charge in [-0.2, -0.15) is 5.10 Å². The van der Waals surface area contributed by atoms with Crippen molar-refractivity contribution in [1.29, 1.82) is 0 Å². The molecule has 0 aliphatic rings. The van der Waals surface area contributed by atoms with E-state index in [4.69, 9.17) is 11.6 Å². The number of aromatic amines is 1. The molecule has 7 heteroatoms. The van der Waals surface area contributed by atoms with Crippen molar-refractivity contribution in [1.82, 2.24) is 19.7 Å². The van der Waals surface area contributed by atoms with Gasteiger partial charge in [0.15, 0.2) is 10.8 Å². The summed E-state index contributed by atoms with van der Waals surface area (Å²) in [6, 6.07) is 13.7. The molecule has 0 aliphatic heterocycles. The van der Waals surface area contributed by atoms with E-state index in [0.717, 1.165) is 11.3 Å². The number of halogens is 1. The number of hydrogen-bond donors (Lipinski definition) is 1. The second kappa shape index (κ2) is 7.21. The Bertz CT molecular complexity index is 1200. The highest BCUT2D eigenvalue weighted by Gasteiger charge is 2.17. The molecular weight excluding hydrogens is 380 g/mol. The van der Waals surface area contributed by atoms with E-state index in [1.165, 1.54) is 29.1 Å². The van der Waals surface area contributed by atoms with Crippen molar-refractivity contribution in [3.05, 3.63) is 80.7 Å². The monoisotopic (exact) mass is 396 g/mol. The van der Waals surface area contributed by atoms with Crippen molar-refractivity contribution in [2.45, 2.75) is 24.8 Å². The van der Waals surface area contributed by atoms with Crippen molar-refractivity contribution in [3.63, 3.8) is 0 Å². The topological polar surface area (TPSA) is 63.6 Å². The van der Waals surface area contributed by atoms with Crippen LogP contribution in [0.3, 0.4) is 0 Å². The highest BCUT2D eigenvalue weighted by atomic mass is 35.5. The van der Waals surface area contributed by atoms with Crippen LogP contribution in [0.2, 0.25) is 5.02 Å². The maximum atomic E-state index is 13.2. The summed E-state index contributed by atoms with van der Waals surface area (Å²) in [5.74, 6) is 0.707. The van der Waals surface area contributed by atoms with Crippen molar-refractivity contribution < 1.29 is 0 Å².